The SMILES string of the molecule is Cc1nc(-c2ccccc2)sc1C(=O)NNC(=O)c1ccccc1OCc1cn2cccc(C)c2n1. The molecule has 3 aromatic heterocycles. The first-order chi connectivity index (χ1) is 17.5. The Kier molecular flexibility index (Phi) is 6.46. The summed E-state index contributed by atoms with van der Waals surface area (Å²) in [6, 6.07) is 20.4. The zero-order valence-electron chi connectivity index (χ0n) is 19.7. The highest BCUT2D eigenvalue weighted by atomic mass is 32.1. The minimum absolute atomic E-state index is 0.195. The second kappa shape index (κ2) is 10.0. The summed E-state index contributed by atoms with van der Waals surface area (Å²) in [5, 5.41) is 0.741. The van der Waals surface area contributed by atoms with Gasteiger partial charge in [-0.05, 0) is 37.6 Å². The van der Waals surface area contributed by atoms with E-state index in [9.17, 15) is 9.59 Å². The molecule has 2 aromatic carbocycles. The van der Waals surface area contributed by atoms with E-state index < -0.39 is 11.8 Å². The summed E-state index contributed by atoms with van der Waals surface area (Å²) in [6.45, 7) is 3.96. The lowest BCUT2D eigenvalue weighted by molar-refractivity contribution is 0.0845. The molecular weight excluding hydrogens is 474 g/mol. The Balaban J connectivity index is 1.25. The fourth-order valence-corrected chi connectivity index (χ4v) is 4.72. The number of nitrogens with zero attached hydrogens (tertiary/aromatic N) is 3. The van der Waals surface area contributed by atoms with Crippen molar-refractivity contribution in [2.45, 2.75) is 20.5 Å². The van der Waals surface area contributed by atoms with Crippen LogP contribution >= 0.6 is 11.3 Å². The Morgan fingerprint density at radius 1 is 0.917 bits per heavy atom. The number of para-hydroxylation sites is 1. The van der Waals surface area contributed by atoms with Crippen LogP contribution in [0.1, 0.15) is 37.0 Å². The number of thiazole rings is 1. The highest BCUT2D eigenvalue weighted by molar-refractivity contribution is 7.17. The minimum Gasteiger partial charge on any atom is -0.486 e. The number of carbonyl (C=O) groups is 2. The number of aromatic nitrogens is 3. The van der Waals surface area contributed by atoms with Gasteiger partial charge in [0, 0.05) is 18.0 Å². The first-order valence-electron chi connectivity index (χ1n) is 11.3. The summed E-state index contributed by atoms with van der Waals surface area (Å²) in [6.07, 6.45) is 3.82. The standard InChI is InChI=1S/C27H23N5O3S/c1-17-9-8-14-32-15-20(29-24(17)32)16-35-22-13-7-6-12-21(22)25(33)30-31-26(34)23-18(2)28-27(36-23)19-10-4-3-5-11-19/h3-15H,16H2,1-2H3,(H,30,33)(H,31,34). The second-order valence-corrected chi connectivity index (χ2v) is 9.15. The van der Waals surface area contributed by atoms with Gasteiger partial charge in [-0.25, -0.2) is 9.97 Å². The van der Waals surface area contributed by atoms with Crippen molar-refractivity contribution in [1.82, 2.24) is 25.2 Å². The zero-order valence-corrected chi connectivity index (χ0v) is 20.5. The van der Waals surface area contributed by atoms with E-state index in [1.807, 2.05) is 66.2 Å². The second-order valence-electron chi connectivity index (χ2n) is 8.15. The Morgan fingerprint density at radius 2 is 1.67 bits per heavy atom. The molecule has 3 heterocycles. The van der Waals surface area contributed by atoms with Crippen molar-refractivity contribution in [1.29, 1.82) is 0 Å². The summed E-state index contributed by atoms with van der Waals surface area (Å²) in [5.41, 5.74) is 9.45. The number of pyridine rings is 1. The molecule has 0 unspecified atom stereocenters. The number of carbonyl (C=O) groups excluding carboxylic acids is 2. The first kappa shape index (κ1) is 23.3. The molecule has 180 valence electrons. The molecule has 36 heavy (non-hydrogen) atoms. The van der Waals surface area contributed by atoms with E-state index in [2.05, 4.69) is 20.8 Å². The largest absolute Gasteiger partial charge is 0.486 e. The topological polar surface area (TPSA) is 97.6 Å². The Hall–Kier alpha value is -4.50. The fraction of sp³-hybridized carbons (Fsp3) is 0.111. The van der Waals surface area contributed by atoms with E-state index in [1.54, 1.807) is 31.2 Å². The molecule has 9 heteroatoms. The Labute approximate surface area is 211 Å². The molecule has 5 aromatic rings. The van der Waals surface area contributed by atoms with E-state index in [4.69, 9.17) is 4.74 Å². The fourth-order valence-electron chi connectivity index (χ4n) is 3.75. The van der Waals surface area contributed by atoms with Crippen molar-refractivity contribution in [3.05, 3.63) is 107 Å². The number of rotatable bonds is 6. The number of aryl methyl sites for hydroxylation is 2. The predicted octanol–water partition coefficient (Wildman–Crippen LogP) is 4.73. The first-order valence-corrected chi connectivity index (χ1v) is 12.1. The third-order valence-corrected chi connectivity index (χ3v) is 6.75. The number of hydrazine groups is 1. The lowest BCUT2D eigenvalue weighted by atomic mass is 10.2. The molecule has 0 aliphatic rings. The summed E-state index contributed by atoms with van der Waals surface area (Å²) in [5.74, 6) is -0.535. The number of benzene rings is 2. The van der Waals surface area contributed by atoms with Crippen molar-refractivity contribution >= 4 is 28.8 Å². The number of fused-ring (bicyclic) bond motifs is 1. The molecule has 0 bridgehead atoms. The zero-order chi connectivity index (χ0) is 25.1. The van der Waals surface area contributed by atoms with Gasteiger partial charge in [-0.3, -0.25) is 20.4 Å². The Morgan fingerprint density at radius 3 is 2.47 bits per heavy atom. The molecule has 0 saturated heterocycles. The lowest BCUT2D eigenvalue weighted by Gasteiger charge is -2.11. The highest BCUT2D eigenvalue weighted by Gasteiger charge is 2.18. The highest BCUT2D eigenvalue weighted by Crippen LogP contribution is 2.27. The molecule has 0 atom stereocenters. The monoisotopic (exact) mass is 497 g/mol. The molecule has 0 fully saturated rings. The summed E-state index contributed by atoms with van der Waals surface area (Å²) >= 11 is 1.27. The third-order valence-electron chi connectivity index (χ3n) is 5.55. The van der Waals surface area contributed by atoms with Gasteiger partial charge in [0.25, 0.3) is 11.8 Å². The van der Waals surface area contributed by atoms with Crippen LogP contribution in [0, 0.1) is 13.8 Å². The quantitative estimate of drug-likeness (QED) is 0.331. The van der Waals surface area contributed by atoms with Gasteiger partial charge >= 0.3 is 0 Å². The number of ether oxygens (including phenoxy) is 1. The van der Waals surface area contributed by atoms with Crippen LogP contribution in [-0.2, 0) is 6.61 Å². The number of nitrogens with one attached hydrogen (secondary N) is 2. The van der Waals surface area contributed by atoms with Crippen molar-refractivity contribution in [2.75, 3.05) is 0 Å². The van der Waals surface area contributed by atoms with Gasteiger partial charge in [-0.15, -0.1) is 11.3 Å². The van der Waals surface area contributed by atoms with Crippen LogP contribution in [0.15, 0.2) is 79.1 Å². The number of hydrogen-bond acceptors (Lipinski definition) is 6. The number of amides is 2. The van der Waals surface area contributed by atoms with Crippen molar-refractivity contribution in [2.24, 2.45) is 0 Å². The summed E-state index contributed by atoms with van der Waals surface area (Å²) in [4.78, 5) is 35.2. The molecule has 5 rings (SSSR count). The van der Waals surface area contributed by atoms with Gasteiger partial charge in [0.05, 0.1) is 17.0 Å². The molecule has 2 amide bonds. The third kappa shape index (κ3) is 4.82. The molecule has 0 saturated carbocycles. The van der Waals surface area contributed by atoms with E-state index in [0.29, 0.717) is 21.9 Å². The van der Waals surface area contributed by atoms with Crippen molar-refractivity contribution < 1.29 is 14.3 Å². The van der Waals surface area contributed by atoms with Crippen LogP contribution in [0.3, 0.4) is 0 Å². The maximum Gasteiger partial charge on any atom is 0.281 e. The molecule has 0 aliphatic heterocycles. The van der Waals surface area contributed by atoms with Gasteiger partial charge in [-0.2, -0.15) is 0 Å². The average molecular weight is 498 g/mol. The average Bonchev–Trinajstić information content (AvgIpc) is 3.51. The van der Waals surface area contributed by atoms with E-state index >= 15 is 0 Å². The van der Waals surface area contributed by atoms with Crippen LogP contribution in [0.5, 0.6) is 5.75 Å². The number of imidazole rings is 1. The van der Waals surface area contributed by atoms with Crippen molar-refractivity contribution in [3.63, 3.8) is 0 Å². The molecule has 2 N–H and O–H groups in total. The molecular formula is C27H23N5O3S. The van der Waals surface area contributed by atoms with Crippen LogP contribution in [0.2, 0.25) is 0 Å². The normalized spacial score (nSPS) is 10.8. The van der Waals surface area contributed by atoms with E-state index in [0.717, 1.165) is 27.5 Å². The van der Waals surface area contributed by atoms with Crippen LogP contribution in [-0.4, -0.2) is 26.2 Å². The molecule has 0 aliphatic carbocycles. The van der Waals surface area contributed by atoms with Gasteiger partial charge in [-0.1, -0.05) is 48.5 Å². The molecule has 8 nitrogen and oxygen atoms in total. The number of hydrogen-bond donors (Lipinski definition) is 2. The smallest absolute Gasteiger partial charge is 0.281 e. The van der Waals surface area contributed by atoms with Crippen LogP contribution in [0.4, 0.5) is 0 Å². The summed E-state index contributed by atoms with van der Waals surface area (Å²) < 4.78 is 7.86. The summed E-state index contributed by atoms with van der Waals surface area (Å²) in [7, 11) is 0. The van der Waals surface area contributed by atoms with E-state index in [-0.39, 0.29) is 6.61 Å². The predicted molar refractivity (Wildman–Crippen MR) is 138 cm³/mol. The van der Waals surface area contributed by atoms with Gasteiger partial charge in [0.1, 0.15) is 27.9 Å². The van der Waals surface area contributed by atoms with Crippen molar-refractivity contribution in [3.8, 4) is 16.3 Å². The van der Waals surface area contributed by atoms with Gasteiger partial charge in [0.15, 0.2) is 0 Å². The molecule has 0 spiro atoms. The minimum atomic E-state index is -0.491. The van der Waals surface area contributed by atoms with Crippen LogP contribution in [0.25, 0.3) is 16.2 Å². The Bertz CT molecular complexity index is 1560. The maximum absolute atomic E-state index is 12.9. The van der Waals surface area contributed by atoms with Crippen LogP contribution < -0.4 is 15.6 Å². The maximum atomic E-state index is 12.9. The molecule has 0 radical (unpaired) electrons. The van der Waals surface area contributed by atoms with Gasteiger partial charge in [0.2, 0.25) is 0 Å². The van der Waals surface area contributed by atoms with Gasteiger partial charge < -0.3 is 9.14 Å². The van der Waals surface area contributed by atoms with E-state index in [1.165, 1.54) is 11.3 Å². The lowest BCUT2D eigenvalue weighted by Crippen LogP contribution is -2.41.